The van der Waals surface area contributed by atoms with Crippen LogP contribution in [0.3, 0.4) is 0 Å². The van der Waals surface area contributed by atoms with Crippen LogP contribution < -0.4 is 15.2 Å². The van der Waals surface area contributed by atoms with Gasteiger partial charge in [-0.25, -0.2) is 4.79 Å². The first-order valence-electron chi connectivity index (χ1n) is 8.18. The summed E-state index contributed by atoms with van der Waals surface area (Å²) in [5.74, 6) is 0.990. The Kier molecular flexibility index (Phi) is 5.10. The number of hydrogen-bond acceptors (Lipinski definition) is 5. The lowest BCUT2D eigenvalue weighted by molar-refractivity contribution is 0.356. The topological polar surface area (TPSA) is 66.5 Å². The van der Waals surface area contributed by atoms with Crippen LogP contribution in [0, 0.1) is 0 Å². The zero-order valence-corrected chi connectivity index (χ0v) is 16.0. The molecule has 2 aromatic carbocycles. The molecule has 4 rings (SSSR count). The maximum Gasteiger partial charge on any atom is 0.419 e. The van der Waals surface area contributed by atoms with Crippen molar-refractivity contribution in [2.75, 3.05) is 14.2 Å². The lowest BCUT2D eigenvalue weighted by Gasteiger charge is -2.12. The molecule has 0 bridgehead atoms. The molecular formula is C20H19ClN2O4. The van der Waals surface area contributed by atoms with E-state index in [2.05, 4.69) is 4.98 Å². The molecule has 7 heteroatoms. The van der Waals surface area contributed by atoms with E-state index in [1.807, 2.05) is 36.5 Å². The molecule has 0 spiro atoms. The van der Waals surface area contributed by atoms with E-state index in [-0.39, 0.29) is 18.2 Å². The fourth-order valence-corrected chi connectivity index (χ4v) is 3.21. The number of aryl methyl sites for hydroxylation is 1. The average molecular weight is 387 g/mol. The van der Waals surface area contributed by atoms with Gasteiger partial charge in [0.2, 0.25) is 0 Å². The molecule has 6 nitrogen and oxygen atoms in total. The predicted octanol–water partition coefficient (Wildman–Crippen LogP) is 3.71. The second-order valence-electron chi connectivity index (χ2n) is 6.13. The summed E-state index contributed by atoms with van der Waals surface area (Å²) in [6, 6.07) is 9.68. The Labute approximate surface area is 161 Å². The monoisotopic (exact) mass is 386 g/mol. The minimum atomic E-state index is -0.360. The smallest absolute Gasteiger partial charge is 0.419 e. The second kappa shape index (κ2) is 7.32. The Morgan fingerprint density at radius 1 is 1.07 bits per heavy atom. The van der Waals surface area contributed by atoms with Crippen LogP contribution >= 0.6 is 12.4 Å². The molecule has 0 aliphatic rings. The molecular weight excluding hydrogens is 368 g/mol. The van der Waals surface area contributed by atoms with Crippen molar-refractivity contribution < 1.29 is 13.9 Å². The number of rotatable bonds is 4. The number of benzene rings is 2. The number of fused-ring (bicyclic) bond motifs is 2. The van der Waals surface area contributed by atoms with E-state index in [4.69, 9.17) is 13.9 Å². The predicted molar refractivity (Wildman–Crippen MR) is 106 cm³/mol. The molecule has 2 aromatic heterocycles. The number of methoxy groups -OCH3 is 2. The standard InChI is InChI=1S/C20H18N2O4.ClH/c1-22-16-5-4-12(7-17(16)26-20(22)23)6-13-10-21-11-14-8-18(24-2)19(25-3)9-15(13)14;/h4-5,7-11H,6H2,1-3H3;1H. The SMILES string of the molecule is COc1cc2cncc(Cc3ccc4c(c3)oc(=O)n4C)c2cc1OC.Cl. The highest BCUT2D eigenvalue weighted by Crippen LogP contribution is 2.33. The summed E-state index contributed by atoms with van der Waals surface area (Å²) in [4.78, 5) is 16.0. The van der Waals surface area contributed by atoms with Crippen molar-refractivity contribution in [2.24, 2.45) is 7.05 Å². The van der Waals surface area contributed by atoms with Crippen molar-refractivity contribution in [3.8, 4) is 11.5 Å². The molecule has 2 heterocycles. The summed E-state index contributed by atoms with van der Waals surface area (Å²) in [6.07, 6.45) is 4.31. The van der Waals surface area contributed by atoms with Crippen LogP contribution in [-0.4, -0.2) is 23.8 Å². The van der Waals surface area contributed by atoms with Gasteiger partial charge in [0.05, 0.1) is 19.7 Å². The van der Waals surface area contributed by atoms with Gasteiger partial charge in [-0.15, -0.1) is 12.4 Å². The van der Waals surface area contributed by atoms with E-state index >= 15 is 0 Å². The molecule has 0 aliphatic carbocycles. The summed E-state index contributed by atoms with van der Waals surface area (Å²) in [5, 5.41) is 2.03. The third-order valence-electron chi connectivity index (χ3n) is 4.60. The molecule has 0 atom stereocenters. The van der Waals surface area contributed by atoms with E-state index in [0.717, 1.165) is 27.4 Å². The van der Waals surface area contributed by atoms with Gasteiger partial charge in [0.25, 0.3) is 0 Å². The van der Waals surface area contributed by atoms with Gasteiger partial charge in [0, 0.05) is 24.8 Å². The van der Waals surface area contributed by atoms with Crippen LogP contribution in [0.1, 0.15) is 11.1 Å². The number of ether oxygens (including phenoxy) is 2. The molecule has 0 saturated heterocycles. The minimum Gasteiger partial charge on any atom is -0.493 e. The van der Waals surface area contributed by atoms with Crippen molar-refractivity contribution in [3.63, 3.8) is 0 Å². The summed E-state index contributed by atoms with van der Waals surface area (Å²) in [7, 11) is 4.93. The molecule has 0 saturated carbocycles. The molecule has 0 fully saturated rings. The van der Waals surface area contributed by atoms with E-state index < -0.39 is 0 Å². The number of oxazole rings is 1. The highest BCUT2D eigenvalue weighted by molar-refractivity contribution is 5.88. The average Bonchev–Trinajstić information content (AvgIpc) is 2.94. The first kappa shape index (κ1) is 18.8. The molecule has 0 amide bonds. The van der Waals surface area contributed by atoms with Gasteiger partial charge in [0.1, 0.15) is 0 Å². The lowest BCUT2D eigenvalue weighted by Crippen LogP contribution is -2.08. The summed E-state index contributed by atoms with van der Waals surface area (Å²) < 4.78 is 17.6. The molecule has 0 unspecified atom stereocenters. The summed E-state index contributed by atoms with van der Waals surface area (Å²) >= 11 is 0. The first-order chi connectivity index (χ1) is 12.6. The Morgan fingerprint density at radius 2 is 1.81 bits per heavy atom. The molecule has 27 heavy (non-hydrogen) atoms. The fraction of sp³-hybridized carbons (Fsp3) is 0.200. The third-order valence-corrected chi connectivity index (χ3v) is 4.60. The minimum absolute atomic E-state index is 0. The number of pyridine rings is 1. The lowest BCUT2D eigenvalue weighted by atomic mass is 10.00. The first-order valence-corrected chi connectivity index (χ1v) is 8.18. The van der Waals surface area contributed by atoms with Gasteiger partial charge in [-0.1, -0.05) is 6.07 Å². The van der Waals surface area contributed by atoms with E-state index in [9.17, 15) is 4.79 Å². The zero-order chi connectivity index (χ0) is 18.3. The zero-order valence-electron chi connectivity index (χ0n) is 15.2. The molecule has 0 radical (unpaired) electrons. The number of aromatic nitrogens is 2. The van der Waals surface area contributed by atoms with Crippen molar-refractivity contribution in [2.45, 2.75) is 6.42 Å². The number of halogens is 1. The van der Waals surface area contributed by atoms with Gasteiger partial charge in [-0.05, 0) is 47.2 Å². The van der Waals surface area contributed by atoms with Gasteiger partial charge in [-0.3, -0.25) is 9.55 Å². The van der Waals surface area contributed by atoms with Crippen LogP contribution in [-0.2, 0) is 13.5 Å². The van der Waals surface area contributed by atoms with Crippen molar-refractivity contribution in [1.82, 2.24) is 9.55 Å². The fourth-order valence-electron chi connectivity index (χ4n) is 3.21. The van der Waals surface area contributed by atoms with Gasteiger partial charge < -0.3 is 13.9 Å². The molecule has 140 valence electrons. The van der Waals surface area contributed by atoms with Crippen LogP contribution in [0.2, 0.25) is 0 Å². The van der Waals surface area contributed by atoms with Crippen molar-refractivity contribution >= 4 is 34.3 Å². The Bertz CT molecular complexity index is 1180. The number of nitrogens with zero attached hydrogens (tertiary/aromatic N) is 2. The van der Waals surface area contributed by atoms with Crippen LogP contribution in [0.25, 0.3) is 21.9 Å². The molecule has 0 aliphatic heterocycles. The highest BCUT2D eigenvalue weighted by atomic mass is 35.5. The molecule has 4 aromatic rings. The quantitative estimate of drug-likeness (QED) is 0.535. The second-order valence-corrected chi connectivity index (χ2v) is 6.13. The maximum absolute atomic E-state index is 11.7. The van der Waals surface area contributed by atoms with Gasteiger partial charge in [0.15, 0.2) is 17.1 Å². The van der Waals surface area contributed by atoms with Crippen molar-refractivity contribution in [3.05, 3.63) is 64.4 Å². The Balaban J connectivity index is 0.00000210. The van der Waals surface area contributed by atoms with E-state index in [0.29, 0.717) is 23.5 Å². The highest BCUT2D eigenvalue weighted by Gasteiger charge is 2.11. The van der Waals surface area contributed by atoms with E-state index in [1.165, 1.54) is 4.57 Å². The van der Waals surface area contributed by atoms with Crippen LogP contribution in [0.15, 0.2) is 51.9 Å². The van der Waals surface area contributed by atoms with Crippen LogP contribution in [0.5, 0.6) is 11.5 Å². The van der Waals surface area contributed by atoms with E-state index in [1.54, 1.807) is 27.5 Å². The Hall–Kier alpha value is -2.99. The summed E-state index contributed by atoms with van der Waals surface area (Å²) in [6.45, 7) is 0. The Morgan fingerprint density at radius 3 is 2.56 bits per heavy atom. The summed E-state index contributed by atoms with van der Waals surface area (Å²) in [5.41, 5.74) is 3.46. The third kappa shape index (κ3) is 3.24. The van der Waals surface area contributed by atoms with Gasteiger partial charge >= 0.3 is 5.76 Å². The van der Waals surface area contributed by atoms with Crippen LogP contribution in [0.4, 0.5) is 0 Å². The molecule has 0 N–H and O–H groups in total. The largest absolute Gasteiger partial charge is 0.493 e. The normalized spacial score (nSPS) is 10.8. The number of hydrogen-bond donors (Lipinski definition) is 0. The van der Waals surface area contributed by atoms with Crippen molar-refractivity contribution in [1.29, 1.82) is 0 Å². The maximum atomic E-state index is 11.7. The van der Waals surface area contributed by atoms with Gasteiger partial charge in [-0.2, -0.15) is 0 Å².